The summed E-state index contributed by atoms with van der Waals surface area (Å²) in [6.07, 6.45) is 0. The lowest BCUT2D eigenvalue weighted by Gasteiger charge is -2.36. The van der Waals surface area contributed by atoms with E-state index in [1.54, 1.807) is 12.1 Å². The number of benzene rings is 2. The van der Waals surface area contributed by atoms with Crippen LogP contribution in [0.4, 0.5) is 5.69 Å². The molecular formula is C18H18BrN3O2. The smallest absolute Gasteiger partial charge is 0.253 e. The third kappa shape index (κ3) is 3.59. The molecule has 0 bridgehead atoms. The molecule has 3 rings (SSSR count). The monoisotopic (exact) mass is 387 g/mol. The van der Waals surface area contributed by atoms with Crippen LogP contribution in [-0.2, 0) is 0 Å². The zero-order valence-electron chi connectivity index (χ0n) is 13.1. The summed E-state index contributed by atoms with van der Waals surface area (Å²) >= 11 is 3.38. The lowest BCUT2D eigenvalue weighted by atomic mass is 10.1. The van der Waals surface area contributed by atoms with E-state index in [0.717, 1.165) is 23.2 Å². The zero-order valence-corrected chi connectivity index (χ0v) is 14.7. The summed E-state index contributed by atoms with van der Waals surface area (Å²) in [6, 6.07) is 14.7. The summed E-state index contributed by atoms with van der Waals surface area (Å²) in [5.41, 5.74) is 7.51. The number of hydrogen-bond acceptors (Lipinski definition) is 3. The van der Waals surface area contributed by atoms with E-state index >= 15 is 0 Å². The standard InChI is InChI=1S/C18H18BrN3O2/c19-15-5-1-14(2-6-15)18(24)22-11-9-21(10-12-22)16-7-3-13(4-8-16)17(20)23/h1-8H,9-12H2,(H2,20,23). The van der Waals surface area contributed by atoms with Crippen molar-refractivity contribution in [3.63, 3.8) is 0 Å². The second-order valence-electron chi connectivity index (χ2n) is 5.70. The molecule has 1 heterocycles. The van der Waals surface area contributed by atoms with E-state index in [9.17, 15) is 9.59 Å². The molecule has 0 spiro atoms. The Morgan fingerprint density at radius 3 is 1.92 bits per heavy atom. The average molecular weight is 388 g/mol. The van der Waals surface area contributed by atoms with Gasteiger partial charge in [0.25, 0.3) is 5.91 Å². The highest BCUT2D eigenvalue weighted by Crippen LogP contribution is 2.19. The highest BCUT2D eigenvalue weighted by atomic mass is 79.9. The maximum absolute atomic E-state index is 12.5. The topological polar surface area (TPSA) is 66.6 Å². The van der Waals surface area contributed by atoms with Gasteiger partial charge >= 0.3 is 0 Å². The van der Waals surface area contributed by atoms with Crippen LogP contribution >= 0.6 is 15.9 Å². The number of carbonyl (C=O) groups excluding carboxylic acids is 2. The van der Waals surface area contributed by atoms with Crippen molar-refractivity contribution in [3.8, 4) is 0 Å². The van der Waals surface area contributed by atoms with Crippen LogP contribution in [0.2, 0.25) is 0 Å². The third-order valence-corrected chi connectivity index (χ3v) is 4.70. The van der Waals surface area contributed by atoms with Gasteiger partial charge in [0.05, 0.1) is 0 Å². The van der Waals surface area contributed by atoms with Crippen molar-refractivity contribution >= 4 is 33.4 Å². The van der Waals surface area contributed by atoms with Gasteiger partial charge in [0.15, 0.2) is 0 Å². The van der Waals surface area contributed by atoms with Gasteiger partial charge in [-0.25, -0.2) is 0 Å². The summed E-state index contributed by atoms with van der Waals surface area (Å²) in [4.78, 5) is 27.7. The van der Waals surface area contributed by atoms with Crippen LogP contribution in [0.1, 0.15) is 20.7 Å². The Morgan fingerprint density at radius 2 is 1.38 bits per heavy atom. The minimum Gasteiger partial charge on any atom is -0.368 e. The molecule has 1 saturated heterocycles. The van der Waals surface area contributed by atoms with Crippen molar-refractivity contribution in [1.82, 2.24) is 4.90 Å². The van der Waals surface area contributed by atoms with Gasteiger partial charge in [0.1, 0.15) is 0 Å². The summed E-state index contributed by atoms with van der Waals surface area (Å²) in [5.74, 6) is -0.363. The van der Waals surface area contributed by atoms with E-state index in [0.29, 0.717) is 24.2 Å². The molecule has 1 fully saturated rings. The molecule has 2 N–H and O–H groups in total. The molecule has 2 aromatic rings. The number of hydrogen-bond donors (Lipinski definition) is 1. The Bertz CT molecular complexity index is 736. The first kappa shape index (κ1) is 16.5. The second-order valence-corrected chi connectivity index (χ2v) is 6.61. The number of halogens is 1. The fourth-order valence-electron chi connectivity index (χ4n) is 2.78. The molecule has 0 radical (unpaired) electrons. The first-order valence-electron chi connectivity index (χ1n) is 7.74. The third-order valence-electron chi connectivity index (χ3n) is 4.18. The fraction of sp³-hybridized carbons (Fsp3) is 0.222. The van der Waals surface area contributed by atoms with Crippen molar-refractivity contribution in [2.24, 2.45) is 5.73 Å². The Kier molecular flexibility index (Phi) is 4.85. The van der Waals surface area contributed by atoms with Crippen LogP contribution in [-0.4, -0.2) is 42.9 Å². The fourth-order valence-corrected chi connectivity index (χ4v) is 3.04. The highest BCUT2D eigenvalue weighted by molar-refractivity contribution is 9.10. The lowest BCUT2D eigenvalue weighted by Crippen LogP contribution is -2.48. The van der Waals surface area contributed by atoms with Crippen LogP contribution in [0.25, 0.3) is 0 Å². The van der Waals surface area contributed by atoms with Crippen LogP contribution in [0.15, 0.2) is 53.0 Å². The van der Waals surface area contributed by atoms with E-state index in [-0.39, 0.29) is 5.91 Å². The van der Waals surface area contributed by atoms with Gasteiger partial charge in [-0.05, 0) is 48.5 Å². The minimum absolute atomic E-state index is 0.0613. The minimum atomic E-state index is -0.425. The van der Waals surface area contributed by atoms with Gasteiger partial charge < -0.3 is 15.5 Å². The Hall–Kier alpha value is -2.34. The molecule has 2 aromatic carbocycles. The van der Waals surface area contributed by atoms with Crippen LogP contribution < -0.4 is 10.6 Å². The first-order chi connectivity index (χ1) is 11.5. The SMILES string of the molecule is NC(=O)c1ccc(N2CCN(C(=O)c3ccc(Br)cc3)CC2)cc1. The summed E-state index contributed by atoms with van der Waals surface area (Å²) < 4.78 is 0.961. The lowest BCUT2D eigenvalue weighted by molar-refractivity contribution is 0.0746. The van der Waals surface area contributed by atoms with Gasteiger partial charge in [0.2, 0.25) is 5.91 Å². The van der Waals surface area contributed by atoms with Crippen molar-refractivity contribution in [2.75, 3.05) is 31.1 Å². The Balaban J connectivity index is 1.62. The first-order valence-corrected chi connectivity index (χ1v) is 8.53. The molecule has 0 saturated carbocycles. The van der Waals surface area contributed by atoms with Crippen molar-refractivity contribution in [2.45, 2.75) is 0 Å². The average Bonchev–Trinajstić information content (AvgIpc) is 2.62. The molecular weight excluding hydrogens is 370 g/mol. The molecule has 2 amide bonds. The number of amides is 2. The number of primary amides is 1. The molecule has 0 aromatic heterocycles. The second kappa shape index (κ2) is 7.05. The largest absolute Gasteiger partial charge is 0.368 e. The summed E-state index contributed by atoms with van der Waals surface area (Å²) in [6.45, 7) is 2.87. The highest BCUT2D eigenvalue weighted by Gasteiger charge is 2.22. The van der Waals surface area contributed by atoms with Crippen LogP contribution in [0, 0.1) is 0 Å². The predicted octanol–water partition coefficient (Wildman–Crippen LogP) is 2.51. The summed E-state index contributed by atoms with van der Waals surface area (Å²) in [7, 11) is 0. The molecule has 0 atom stereocenters. The molecule has 1 aliphatic rings. The number of rotatable bonds is 3. The van der Waals surface area contributed by atoms with E-state index < -0.39 is 5.91 Å². The number of nitrogens with zero attached hydrogens (tertiary/aromatic N) is 2. The van der Waals surface area contributed by atoms with E-state index in [1.165, 1.54) is 0 Å². The van der Waals surface area contributed by atoms with E-state index in [2.05, 4.69) is 20.8 Å². The van der Waals surface area contributed by atoms with Gasteiger partial charge in [-0.1, -0.05) is 15.9 Å². The Labute approximate surface area is 149 Å². The maximum Gasteiger partial charge on any atom is 0.253 e. The normalized spacial score (nSPS) is 14.5. The molecule has 1 aliphatic heterocycles. The number of piperazine rings is 1. The Morgan fingerprint density at radius 1 is 0.833 bits per heavy atom. The van der Waals surface area contributed by atoms with Gasteiger partial charge in [-0.3, -0.25) is 9.59 Å². The molecule has 6 heteroatoms. The van der Waals surface area contributed by atoms with E-state index in [1.807, 2.05) is 41.3 Å². The van der Waals surface area contributed by atoms with E-state index in [4.69, 9.17) is 5.73 Å². The molecule has 124 valence electrons. The number of anilines is 1. The molecule has 0 aliphatic carbocycles. The predicted molar refractivity (Wildman–Crippen MR) is 97.2 cm³/mol. The van der Waals surface area contributed by atoms with Gasteiger partial charge in [0, 0.05) is 47.5 Å². The van der Waals surface area contributed by atoms with Crippen molar-refractivity contribution in [1.29, 1.82) is 0 Å². The number of nitrogens with two attached hydrogens (primary N) is 1. The molecule has 0 unspecified atom stereocenters. The van der Waals surface area contributed by atoms with Crippen LogP contribution in [0.5, 0.6) is 0 Å². The molecule has 5 nitrogen and oxygen atoms in total. The quantitative estimate of drug-likeness (QED) is 0.879. The molecule has 24 heavy (non-hydrogen) atoms. The zero-order chi connectivity index (χ0) is 17.1. The summed E-state index contributed by atoms with van der Waals surface area (Å²) in [5, 5.41) is 0. The maximum atomic E-state index is 12.5. The number of carbonyl (C=O) groups is 2. The van der Waals surface area contributed by atoms with Gasteiger partial charge in [-0.15, -0.1) is 0 Å². The van der Waals surface area contributed by atoms with Crippen molar-refractivity contribution in [3.05, 3.63) is 64.1 Å². The van der Waals surface area contributed by atoms with Crippen molar-refractivity contribution < 1.29 is 9.59 Å². The van der Waals surface area contributed by atoms with Gasteiger partial charge in [-0.2, -0.15) is 0 Å². The van der Waals surface area contributed by atoms with Crippen LogP contribution in [0.3, 0.4) is 0 Å².